The number of allylic oxidation sites excluding steroid dienone is 4. The summed E-state index contributed by atoms with van der Waals surface area (Å²) in [6.45, 7) is 9.25. The molecule has 10 rings (SSSR count). The molecule has 0 saturated carbocycles. The second-order valence-electron chi connectivity index (χ2n) is 14.7. The van der Waals surface area contributed by atoms with Gasteiger partial charge in [-0.25, -0.2) is 0 Å². The molecule has 0 saturated heterocycles. The molecular weight excluding hydrogens is 641 g/mol. The minimum absolute atomic E-state index is 0.121. The van der Waals surface area contributed by atoms with Crippen molar-refractivity contribution in [3.05, 3.63) is 205 Å². The number of anilines is 2. The van der Waals surface area contributed by atoms with Crippen LogP contribution in [-0.2, 0) is 5.41 Å². The van der Waals surface area contributed by atoms with Gasteiger partial charge in [0, 0.05) is 33.6 Å². The first-order valence-electron chi connectivity index (χ1n) is 18.4. The van der Waals surface area contributed by atoms with Crippen LogP contribution in [0.25, 0.3) is 66.4 Å². The molecule has 7 aromatic carbocycles. The second kappa shape index (κ2) is 12.0. The van der Waals surface area contributed by atoms with Crippen LogP contribution in [-0.4, -0.2) is 4.57 Å². The molecular formula is C51H38N2. The predicted molar refractivity (Wildman–Crippen MR) is 225 cm³/mol. The first kappa shape index (κ1) is 31.1. The van der Waals surface area contributed by atoms with Gasteiger partial charge in [0.25, 0.3) is 0 Å². The highest BCUT2D eigenvalue weighted by Gasteiger charge is 2.38. The van der Waals surface area contributed by atoms with Gasteiger partial charge in [0.1, 0.15) is 0 Å². The van der Waals surface area contributed by atoms with Crippen molar-refractivity contribution in [1.82, 2.24) is 4.57 Å². The number of nitrogens with zero attached hydrogens (tertiary/aromatic N) is 2. The fraction of sp³-hybridized carbons (Fsp3) is 0.0588. The Hall–Kier alpha value is -6.64. The molecule has 2 heterocycles. The van der Waals surface area contributed by atoms with Crippen molar-refractivity contribution in [3.63, 3.8) is 0 Å². The molecule has 1 aromatic heterocycles. The molecule has 8 aromatic rings. The highest BCUT2D eigenvalue weighted by atomic mass is 15.1. The minimum atomic E-state index is -0.121. The number of rotatable bonds is 4. The molecule has 252 valence electrons. The van der Waals surface area contributed by atoms with Gasteiger partial charge in [-0.15, -0.1) is 0 Å². The summed E-state index contributed by atoms with van der Waals surface area (Å²) < 4.78 is 2.49. The smallest absolute Gasteiger partial charge is 0.0541 e. The molecule has 2 aliphatic rings. The minimum Gasteiger partial charge on any atom is -0.317 e. The van der Waals surface area contributed by atoms with Gasteiger partial charge in [-0.1, -0.05) is 142 Å². The predicted octanol–water partition coefficient (Wildman–Crippen LogP) is 13.7. The third kappa shape index (κ3) is 4.87. The highest BCUT2D eigenvalue weighted by molar-refractivity contribution is 6.11. The number of aromatic nitrogens is 1. The molecule has 2 heteroatoms. The maximum Gasteiger partial charge on any atom is 0.0541 e. The van der Waals surface area contributed by atoms with Gasteiger partial charge in [-0.2, -0.15) is 0 Å². The number of para-hydroxylation sites is 1. The molecule has 2 nitrogen and oxygen atoms in total. The quantitative estimate of drug-likeness (QED) is 0.180. The van der Waals surface area contributed by atoms with Crippen LogP contribution in [0.5, 0.6) is 0 Å². The molecule has 0 atom stereocenters. The van der Waals surface area contributed by atoms with Crippen LogP contribution in [0, 0.1) is 0 Å². The summed E-state index contributed by atoms with van der Waals surface area (Å²) in [5, 5.41) is 2.50. The maximum atomic E-state index is 4.52. The van der Waals surface area contributed by atoms with Gasteiger partial charge in [0.2, 0.25) is 0 Å². The lowest BCUT2D eigenvalue weighted by Crippen LogP contribution is -2.17. The molecule has 1 aliphatic heterocycles. The van der Waals surface area contributed by atoms with E-state index in [0.717, 1.165) is 28.1 Å². The first-order valence-corrected chi connectivity index (χ1v) is 18.4. The highest BCUT2D eigenvalue weighted by Crippen LogP contribution is 2.52. The molecule has 1 aliphatic carbocycles. The van der Waals surface area contributed by atoms with Gasteiger partial charge < -0.3 is 9.47 Å². The van der Waals surface area contributed by atoms with Crippen LogP contribution in [0.4, 0.5) is 11.4 Å². The van der Waals surface area contributed by atoms with E-state index in [9.17, 15) is 0 Å². The van der Waals surface area contributed by atoms with E-state index < -0.39 is 0 Å². The normalized spacial score (nSPS) is 15.4. The molecule has 0 bridgehead atoms. The lowest BCUT2D eigenvalue weighted by atomic mass is 9.81. The Morgan fingerprint density at radius 2 is 1.19 bits per heavy atom. The van der Waals surface area contributed by atoms with E-state index in [2.05, 4.69) is 212 Å². The average Bonchev–Trinajstić information content (AvgIpc) is 3.65. The molecule has 0 fully saturated rings. The molecule has 0 unspecified atom stereocenters. The number of fused-ring (bicyclic) bond motifs is 7. The zero-order chi connectivity index (χ0) is 35.7. The molecule has 0 radical (unpaired) electrons. The average molecular weight is 679 g/mol. The van der Waals surface area contributed by atoms with Crippen LogP contribution in [0.2, 0.25) is 0 Å². The van der Waals surface area contributed by atoms with Crippen molar-refractivity contribution in [1.29, 1.82) is 0 Å². The van der Waals surface area contributed by atoms with Crippen LogP contribution >= 0.6 is 0 Å². The summed E-state index contributed by atoms with van der Waals surface area (Å²) >= 11 is 0. The Kier molecular flexibility index (Phi) is 7.03. The van der Waals surface area contributed by atoms with Crippen LogP contribution in [0.15, 0.2) is 189 Å². The van der Waals surface area contributed by atoms with Gasteiger partial charge >= 0.3 is 0 Å². The van der Waals surface area contributed by atoms with E-state index in [1.165, 1.54) is 66.4 Å². The summed E-state index contributed by atoms with van der Waals surface area (Å²) in [6, 6.07) is 57.6. The number of benzene rings is 7. The fourth-order valence-electron chi connectivity index (χ4n) is 8.77. The number of hydrogen-bond donors (Lipinski definition) is 0. The van der Waals surface area contributed by atoms with E-state index in [1.807, 2.05) is 0 Å². The third-order valence-electron chi connectivity index (χ3n) is 11.3. The lowest BCUT2D eigenvalue weighted by molar-refractivity contribution is 0.656. The SMILES string of the molecule is C=C1/C=C\C=C/N(c2cccc(-c3ccccc3)c2)c2ccc(-c3ccc4c(c3)c3ccccc3n4-c3cccc4c3C(C)(C)c3ccccc3-4)cc21. The topological polar surface area (TPSA) is 8.17 Å². The summed E-state index contributed by atoms with van der Waals surface area (Å²) in [5.41, 5.74) is 18.0. The van der Waals surface area contributed by atoms with Crippen molar-refractivity contribution < 1.29 is 0 Å². The van der Waals surface area contributed by atoms with E-state index >= 15 is 0 Å². The Morgan fingerprint density at radius 1 is 0.491 bits per heavy atom. The van der Waals surface area contributed by atoms with Crippen molar-refractivity contribution in [2.24, 2.45) is 0 Å². The van der Waals surface area contributed by atoms with E-state index in [-0.39, 0.29) is 5.41 Å². The molecule has 0 spiro atoms. The molecule has 0 amide bonds. The van der Waals surface area contributed by atoms with Crippen molar-refractivity contribution in [2.45, 2.75) is 19.3 Å². The van der Waals surface area contributed by atoms with Gasteiger partial charge in [0.15, 0.2) is 0 Å². The van der Waals surface area contributed by atoms with E-state index in [1.54, 1.807) is 0 Å². The Balaban J connectivity index is 1.11. The monoisotopic (exact) mass is 678 g/mol. The standard InChI is InChI=1S/C51H38N2/c1-34-15-11-12-30-52(39-19-13-18-36(31-39)35-16-5-4-6-17-35)46-28-26-37(32-43(34)46)38-27-29-48-44(33-38)41-21-8-10-24-47(41)53(48)49-25-14-22-42-40-20-7-9-23-45(40)51(2,3)50(42)49/h4-33H,1H2,2-3H3/b15-11-,30-12-. The van der Waals surface area contributed by atoms with E-state index in [4.69, 9.17) is 0 Å². The van der Waals surface area contributed by atoms with Crippen molar-refractivity contribution >= 4 is 38.8 Å². The molecule has 0 N–H and O–H groups in total. The van der Waals surface area contributed by atoms with Crippen molar-refractivity contribution in [3.8, 4) is 39.1 Å². The first-order chi connectivity index (χ1) is 26.0. The third-order valence-corrected chi connectivity index (χ3v) is 11.3. The van der Waals surface area contributed by atoms with Crippen LogP contribution < -0.4 is 4.90 Å². The summed E-state index contributed by atoms with van der Waals surface area (Å²) in [6.07, 6.45) is 8.41. The Morgan fingerprint density at radius 3 is 2.09 bits per heavy atom. The summed E-state index contributed by atoms with van der Waals surface area (Å²) in [7, 11) is 0. The number of hydrogen-bond acceptors (Lipinski definition) is 1. The Bertz CT molecular complexity index is 2830. The zero-order valence-electron chi connectivity index (χ0n) is 29.9. The van der Waals surface area contributed by atoms with Crippen LogP contribution in [0.1, 0.15) is 30.5 Å². The lowest BCUT2D eigenvalue weighted by Gasteiger charge is -2.26. The van der Waals surface area contributed by atoms with Gasteiger partial charge in [-0.05, 0) is 105 Å². The molecule has 53 heavy (non-hydrogen) atoms. The maximum absolute atomic E-state index is 4.52. The zero-order valence-corrected chi connectivity index (χ0v) is 29.9. The van der Waals surface area contributed by atoms with E-state index in [0.29, 0.717) is 0 Å². The summed E-state index contributed by atoms with van der Waals surface area (Å²) in [5.74, 6) is 0. The van der Waals surface area contributed by atoms with Crippen LogP contribution in [0.3, 0.4) is 0 Å². The second-order valence-corrected chi connectivity index (χ2v) is 14.7. The van der Waals surface area contributed by atoms with Gasteiger partial charge in [0.05, 0.1) is 22.4 Å². The largest absolute Gasteiger partial charge is 0.317 e. The fourth-order valence-corrected chi connectivity index (χ4v) is 8.77. The Labute approximate surface area is 310 Å². The summed E-state index contributed by atoms with van der Waals surface area (Å²) in [4.78, 5) is 2.27. The van der Waals surface area contributed by atoms with Crippen molar-refractivity contribution in [2.75, 3.05) is 4.90 Å². The van der Waals surface area contributed by atoms with Gasteiger partial charge in [-0.3, -0.25) is 0 Å².